The predicted molar refractivity (Wildman–Crippen MR) is 69.2 cm³/mol. The fourth-order valence-corrected chi connectivity index (χ4v) is 1.68. The molecular formula is C12H15N5O. The van der Waals surface area contributed by atoms with E-state index in [0.29, 0.717) is 11.4 Å². The van der Waals surface area contributed by atoms with Crippen LogP contribution in [-0.4, -0.2) is 20.7 Å². The lowest BCUT2D eigenvalue weighted by Gasteiger charge is -2.04. The van der Waals surface area contributed by atoms with Gasteiger partial charge >= 0.3 is 0 Å². The molecule has 0 aliphatic carbocycles. The SMILES string of the molecule is CCc1nn(C)cc1NC(=O)c1ccnc(N)c1. The van der Waals surface area contributed by atoms with Crippen molar-refractivity contribution in [1.82, 2.24) is 14.8 Å². The second kappa shape index (κ2) is 4.87. The highest BCUT2D eigenvalue weighted by Crippen LogP contribution is 2.15. The van der Waals surface area contributed by atoms with Gasteiger partial charge in [-0.1, -0.05) is 6.92 Å². The Hall–Kier alpha value is -2.37. The summed E-state index contributed by atoms with van der Waals surface area (Å²) in [4.78, 5) is 15.9. The Labute approximate surface area is 105 Å². The molecule has 2 rings (SSSR count). The van der Waals surface area contributed by atoms with E-state index >= 15 is 0 Å². The Balaban J connectivity index is 2.21. The van der Waals surface area contributed by atoms with Gasteiger partial charge in [-0.15, -0.1) is 0 Å². The monoisotopic (exact) mass is 245 g/mol. The minimum atomic E-state index is -0.216. The first-order chi connectivity index (χ1) is 8.60. The van der Waals surface area contributed by atoms with E-state index < -0.39 is 0 Å². The lowest BCUT2D eigenvalue weighted by atomic mass is 10.2. The number of rotatable bonds is 3. The molecule has 0 atom stereocenters. The van der Waals surface area contributed by atoms with E-state index in [1.807, 2.05) is 14.0 Å². The molecule has 18 heavy (non-hydrogen) atoms. The van der Waals surface area contributed by atoms with E-state index in [0.717, 1.165) is 17.8 Å². The number of amides is 1. The van der Waals surface area contributed by atoms with Crippen molar-refractivity contribution in [2.45, 2.75) is 13.3 Å². The van der Waals surface area contributed by atoms with Gasteiger partial charge in [-0.2, -0.15) is 5.10 Å². The number of nitrogen functional groups attached to an aromatic ring is 1. The summed E-state index contributed by atoms with van der Waals surface area (Å²) in [7, 11) is 1.82. The number of nitrogens with one attached hydrogen (secondary N) is 1. The van der Waals surface area contributed by atoms with Crippen LogP contribution in [0.5, 0.6) is 0 Å². The van der Waals surface area contributed by atoms with Gasteiger partial charge in [0.15, 0.2) is 0 Å². The van der Waals surface area contributed by atoms with E-state index in [1.165, 1.54) is 12.3 Å². The van der Waals surface area contributed by atoms with Crippen LogP contribution in [0.15, 0.2) is 24.5 Å². The van der Waals surface area contributed by atoms with E-state index in [-0.39, 0.29) is 5.91 Å². The van der Waals surface area contributed by atoms with Crippen LogP contribution >= 0.6 is 0 Å². The van der Waals surface area contributed by atoms with E-state index in [4.69, 9.17) is 5.73 Å². The Morgan fingerprint density at radius 2 is 2.33 bits per heavy atom. The second-order valence-corrected chi connectivity index (χ2v) is 3.94. The molecule has 0 aliphatic heterocycles. The number of carbonyl (C=O) groups excluding carboxylic acids is 1. The molecule has 0 aliphatic rings. The number of aromatic nitrogens is 3. The summed E-state index contributed by atoms with van der Waals surface area (Å²) in [6.45, 7) is 1.99. The summed E-state index contributed by atoms with van der Waals surface area (Å²) >= 11 is 0. The molecule has 0 spiro atoms. The minimum absolute atomic E-state index is 0.216. The van der Waals surface area contributed by atoms with Crippen LogP contribution in [0.1, 0.15) is 23.0 Å². The van der Waals surface area contributed by atoms with E-state index in [1.54, 1.807) is 16.9 Å². The number of nitrogens with zero attached hydrogens (tertiary/aromatic N) is 3. The summed E-state index contributed by atoms with van der Waals surface area (Å²) in [5.41, 5.74) is 7.60. The van der Waals surface area contributed by atoms with Crippen molar-refractivity contribution in [2.24, 2.45) is 7.05 Å². The fourth-order valence-electron chi connectivity index (χ4n) is 1.68. The van der Waals surface area contributed by atoms with Gasteiger partial charge in [-0.3, -0.25) is 9.48 Å². The van der Waals surface area contributed by atoms with Crippen molar-refractivity contribution in [3.63, 3.8) is 0 Å². The molecule has 0 bridgehead atoms. The molecule has 0 saturated heterocycles. The third kappa shape index (κ3) is 2.48. The summed E-state index contributed by atoms with van der Waals surface area (Å²) in [6, 6.07) is 3.16. The van der Waals surface area contributed by atoms with Crippen molar-refractivity contribution in [2.75, 3.05) is 11.1 Å². The molecular weight excluding hydrogens is 230 g/mol. The van der Waals surface area contributed by atoms with Crippen molar-refractivity contribution < 1.29 is 4.79 Å². The van der Waals surface area contributed by atoms with Gasteiger partial charge < -0.3 is 11.1 Å². The van der Waals surface area contributed by atoms with Gasteiger partial charge in [0.1, 0.15) is 5.82 Å². The van der Waals surface area contributed by atoms with Gasteiger partial charge in [0, 0.05) is 25.0 Å². The second-order valence-electron chi connectivity index (χ2n) is 3.94. The highest BCUT2D eigenvalue weighted by atomic mass is 16.1. The van der Waals surface area contributed by atoms with Gasteiger partial charge in [-0.25, -0.2) is 4.98 Å². The number of hydrogen-bond acceptors (Lipinski definition) is 4. The number of pyridine rings is 1. The molecule has 0 fully saturated rings. The van der Waals surface area contributed by atoms with Gasteiger partial charge in [0.2, 0.25) is 0 Å². The fraction of sp³-hybridized carbons (Fsp3) is 0.250. The van der Waals surface area contributed by atoms with E-state index in [2.05, 4.69) is 15.4 Å². The lowest BCUT2D eigenvalue weighted by Crippen LogP contribution is -2.13. The molecule has 3 N–H and O–H groups in total. The van der Waals surface area contributed by atoms with E-state index in [9.17, 15) is 4.79 Å². The summed E-state index contributed by atoms with van der Waals surface area (Å²) in [6.07, 6.45) is 4.05. The quantitative estimate of drug-likeness (QED) is 0.851. The van der Waals surface area contributed by atoms with Crippen LogP contribution in [0.4, 0.5) is 11.5 Å². The van der Waals surface area contributed by atoms with Crippen LogP contribution in [0, 0.1) is 0 Å². The smallest absolute Gasteiger partial charge is 0.255 e. The molecule has 6 heteroatoms. The third-order valence-corrected chi connectivity index (χ3v) is 2.53. The molecule has 6 nitrogen and oxygen atoms in total. The molecule has 2 heterocycles. The Morgan fingerprint density at radius 3 is 3.00 bits per heavy atom. The number of nitrogens with two attached hydrogens (primary N) is 1. The first kappa shape index (κ1) is 12.1. The topological polar surface area (TPSA) is 85.8 Å². The molecule has 0 aromatic carbocycles. The highest BCUT2D eigenvalue weighted by Gasteiger charge is 2.11. The molecule has 0 radical (unpaired) electrons. The average molecular weight is 245 g/mol. The molecule has 2 aromatic heterocycles. The van der Waals surface area contributed by atoms with Crippen molar-refractivity contribution >= 4 is 17.4 Å². The van der Waals surface area contributed by atoms with Crippen molar-refractivity contribution in [1.29, 1.82) is 0 Å². The molecule has 2 aromatic rings. The zero-order chi connectivity index (χ0) is 13.1. The number of hydrogen-bond donors (Lipinski definition) is 2. The lowest BCUT2D eigenvalue weighted by molar-refractivity contribution is 0.102. The predicted octanol–water partition coefficient (Wildman–Crippen LogP) is 1.21. The third-order valence-electron chi connectivity index (χ3n) is 2.53. The Morgan fingerprint density at radius 1 is 1.56 bits per heavy atom. The van der Waals surface area contributed by atoms with Crippen LogP contribution in [0.25, 0.3) is 0 Å². The maximum atomic E-state index is 12.0. The number of anilines is 2. The van der Waals surface area contributed by atoms with Gasteiger partial charge in [0.05, 0.1) is 11.4 Å². The Kier molecular flexibility index (Phi) is 3.27. The molecule has 0 unspecified atom stereocenters. The largest absolute Gasteiger partial charge is 0.384 e. The summed E-state index contributed by atoms with van der Waals surface area (Å²) in [5, 5.41) is 7.08. The zero-order valence-corrected chi connectivity index (χ0v) is 10.3. The first-order valence-electron chi connectivity index (χ1n) is 5.65. The van der Waals surface area contributed by atoms with Crippen molar-refractivity contribution in [3.8, 4) is 0 Å². The summed E-state index contributed by atoms with van der Waals surface area (Å²) in [5.74, 6) is 0.108. The van der Waals surface area contributed by atoms with Crippen LogP contribution < -0.4 is 11.1 Å². The molecule has 0 saturated carbocycles. The molecule has 94 valence electrons. The van der Waals surface area contributed by atoms with Gasteiger partial charge in [-0.05, 0) is 18.6 Å². The van der Waals surface area contributed by atoms with Crippen molar-refractivity contribution in [3.05, 3.63) is 35.8 Å². The Bertz CT molecular complexity index is 576. The minimum Gasteiger partial charge on any atom is -0.384 e. The summed E-state index contributed by atoms with van der Waals surface area (Å²) < 4.78 is 1.68. The normalized spacial score (nSPS) is 10.3. The van der Waals surface area contributed by atoms with Crippen LogP contribution in [-0.2, 0) is 13.5 Å². The standard InChI is InChI=1S/C12H15N5O/c1-3-9-10(7-17(2)16-9)15-12(18)8-4-5-14-11(13)6-8/h4-7H,3H2,1-2H3,(H2,13,14)(H,15,18). The molecule has 1 amide bonds. The van der Waals surface area contributed by atoms with Crippen LogP contribution in [0.3, 0.4) is 0 Å². The maximum absolute atomic E-state index is 12.0. The first-order valence-corrected chi connectivity index (χ1v) is 5.65. The highest BCUT2D eigenvalue weighted by molar-refractivity contribution is 6.04. The number of aryl methyl sites for hydroxylation is 2. The average Bonchev–Trinajstić information content (AvgIpc) is 2.69. The number of carbonyl (C=O) groups is 1. The van der Waals surface area contributed by atoms with Crippen LogP contribution in [0.2, 0.25) is 0 Å². The van der Waals surface area contributed by atoms with Gasteiger partial charge in [0.25, 0.3) is 5.91 Å². The maximum Gasteiger partial charge on any atom is 0.255 e. The zero-order valence-electron chi connectivity index (χ0n) is 10.3.